The van der Waals surface area contributed by atoms with E-state index in [1.54, 1.807) is 11.3 Å². The lowest BCUT2D eigenvalue weighted by atomic mass is 9.85. The molecule has 2 aliphatic heterocycles. The lowest BCUT2D eigenvalue weighted by Crippen LogP contribution is -2.39. The molecule has 5 rings (SSSR count). The van der Waals surface area contributed by atoms with Crippen LogP contribution in [0.3, 0.4) is 0 Å². The number of ether oxygens (including phenoxy) is 1. The molecule has 2 aromatic rings. The summed E-state index contributed by atoms with van der Waals surface area (Å²) in [6, 6.07) is 0. The molecule has 0 spiro atoms. The molecule has 2 aromatic heterocycles. The van der Waals surface area contributed by atoms with Crippen LogP contribution < -0.4 is 0 Å². The summed E-state index contributed by atoms with van der Waals surface area (Å²) in [5, 5.41) is 2.08. The van der Waals surface area contributed by atoms with Gasteiger partial charge in [0.05, 0.1) is 11.8 Å². The molecule has 7 heteroatoms. The monoisotopic (exact) mass is 444 g/mol. The standard InChI is InChI=1S/C24H36N4O2S/c29-23(27-11-4-2-1-3-5-12-27)22-21(28-13-15-31-24(28)25-22)18-26(16-19-8-6-9-19)17-20-10-7-14-30-20/h13,15,19-20H,1-12,14,16-18H2. The number of carbonyl (C=O) groups is 1. The van der Waals surface area contributed by atoms with Crippen LogP contribution in [0.15, 0.2) is 11.6 Å². The Hall–Kier alpha value is -1.44. The van der Waals surface area contributed by atoms with E-state index < -0.39 is 0 Å². The van der Waals surface area contributed by atoms with Gasteiger partial charge in [-0.05, 0) is 44.4 Å². The second kappa shape index (κ2) is 10.0. The third kappa shape index (κ3) is 4.99. The van der Waals surface area contributed by atoms with E-state index in [9.17, 15) is 4.79 Å². The summed E-state index contributed by atoms with van der Waals surface area (Å²) < 4.78 is 8.13. The van der Waals surface area contributed by atoms with Gasteiger partial charge in [0.2, 0.25) is 0 Å². The molecule has 3 fully saturated rings. The first-order valence-electron chi connectivity index (χ1n) is 12.4. The van der Waals surface area contributed by atoms with Gasteiger partial charge in [0.1, 0.15) is 0 Å². The third-order valence-electron chi connectivity index (χ3n) is 7.31. The van der Waals surface area contributed by atoms with E-state index in [1.807, 2.05) is 0 Å². The molecule has 0 radical (unpaired) electrons. The van der Waals surface area contributed by atoms with Crippen LogP contribution in [-0.2, 0) is 11.3 Å². The van der Waals surface area contributed by atoms with Crippen LogP contribution >= 0.6 is 11.3 Å². The molecule has 6 nitrogen and oxygen atoms in total. The van der Waals surface area contributed by atoms with Gasteiger partial charge >= 0.3 is 0 Å². The van der Waals surface area contributed by atoms with Crippen LogP contribution in [0.25, 0.3) is 4.96 Å². The molecule has 1 saturated carbocycles. The van der Waals surface area contributed by atoms with Crippen molar-refractivity contribution >= 4 is 22.2 Å². The molecule has 1 amide bonds. The van der Waals surface area contributed by atoms with Crippen LogP contribution in [0.1, 0.15) is 80.4 Å². The van der Waals surface area contributed by atoms with Gasteiger partial charge in [-0.1, -0.05) is 25.7 Å². The quantitative estimate of drug-likeness (QED) is 0.627. The number of likely N-dealkylation sites (tertiary alicyclic amines) is 1. The average Bonchev–Trinajstić information content (AvgIpc) is 3.43. The molecular formula is C24H36N4O2S. The summed E-state index contributed by atoms with van der Waals surface area (Å²) in [5.41, 5.74) is 1.75. The van der Waals surface area contributed by atoms with Crippen molar-refractivity contribution in [3.05, 3.63) is 23.0 Å². The second-order valence-electron chi connectivity index (χ2n) is 9.65. The molecule has 0 N–H and O–H groups in total. The first kappa shape index (κ1) is 21.4. The Morgan fingerprint density at radius 2 is 1.87 bits per heavy atom. The van der Waals surface area contributed by atoms with Crippen molar-refractivity contribution in [3.8, 4) is 0 Å². The zero-order chi connectivity index (χ0) is 21.0. The van der Waals surface area contributed by atoms with Crippen molar-refractivity contribution < 1.29 is 9.53 Å². The van der Waals surface area contributed by atoms with Crippen molar-refractivity contribution in [1.82, 2.24) is 19.2 Å². The van der Waals surface area contributed by atoms with Crippen LogP contribution in [0, 0.1) is 5.92 Å². The number of imidazole rings is 1. The summed E-state index contributed by atoms with van der Waals surface area (Å²) in [5.74, 6) is 0.925. The summed E-state index contributed by atoms with van der Waals surface area (Å²) in [6.07, 6.45) is 14.7. The lowest BCUT2D eigenvalue weighted by molar-refractivity contribution is 0.0570. The molecule has 0 aromatic carbocycles. The number of hydrogen-bond donors (Lipinski definition) is 0. The Kier molecular flexibility index (Phi) is 6.91. The molecule has 1 atom stereocenters. The topological polar surface area (TPSA) is 50.1 Å². The summed E-state index contributed by atoms with van der Waals surface area (Å²) in [4.78, 5) is 24.0. The normalized spacial score (nSPS) is 23.3. The van der Waals surface area contributed by atoms with Gasteiger partial charge < -0.3 is 9.64 Å². The first-order chi connectivity index (χ1) is 15.3. The predicted octanol–water partition coefficient (Wildman–Crippen LogP) is 4.58. The van der Waals surface area contributed by atoms with E-state index in [0.717, 1.165) is 75.2 Å². The SMILES string of the molecule is O=C(c1nc2sccn2c1CN(CC1CCC1)CC1CCCO1)N1CCCCCCC1. The number of hydrogen-bond acceptors (Lipinski definition) is 5. The van der Waals surface area contributed by atoms with Gasteiger partial charge in [0.15, 0.2) is 10.7 Å². The highest BCUT2D eigenvalue weighted by molar-refractivity contribution is 7.15. The van der Waals surface area contributed by atoms with Crippen LogP contribution in [0.5, 0.6) is 0 Å². The minimum absolute atomic E-state index is 0.133. The van der Waals surface area contributed by atoms with Gasteiger partial charge in [-0.25, -0.2) is 4.98 Å². The maximum atomic E-state index is 13.6. The average molecular weight is 445 g/mol. The van der Waals surface area contributed by atoms with Gasteiger partial charge in [-0.2, -0.15) is 0 Å². The highest BCUT2D eigenvalue weighted by atomic mass is 32.1. The molecule has 2 saturated heterocycles. The largest absolute Gasteiger partial charge is 0.377 e. The number of aromatic nitrogens is 2. The maximum absolute atomic E-state index is 13.6. The minimum Gasteiger partial charge on any atom is -0.377 e. The van der Waals surface area contributed by atoms with E-state index >= 15 is 0 Å². The summed E-state index contributed by atoms with van der Waals surface area (Å²) in [7, 11) is 0. The van der Waals surface area contributed by atoms with Gasteiger partial charge in [-0.3, -0.25) is 14.1 Å². The molecule has 31 heavy (non-hydrogen) atoms. The molecule has 0 bridgehead atoms. The van der Waals surface area contributed by atoms with Crippen molar-refractivity contribution in [2.75, 3.05) is 32.8 Å². The van der Waals surface area contributed by atoms with Crippen molar-refractivity contribution in [1.29, 1.82) is 0 Å². The smallest absolute Gasteiger partial charge is 0.274 e. The second-order valence-corrected chi connectivity index (χ2v) is 10.5. The van der Waals surface area contributed by atoms with Gasteiger partial charge in [0, 0.05) is 50.9 Å². The summed E-state index contributed by atoms with van der Waals surface area (Å²) in [6.45, 7) is 5.47. The number of rotatable bonds is 7. The fourth-order valence-electron chi connectivity index (χ4n) is 5.29. The van der Waals surface area contributed by atoms with Gasteiger partial charge in [-0.15, -0.1) is 11.3 Å². The molecule has 3 aliphatic rings. The zero-order valence-corrected chi connectivity index (χ0v) is 19.5. The summed E-state index contributed by atoms with van der Waals surface area (Å²) >= 11 is 1.62. The zero-order valence-electron chi connectivity index (χ0n) is 18.6. The van der Waals surface area contributed by atoms with E-state index in [1.165, 1.54) is 44.9 Å². The Bertz CT molecular complexity index is 860. The van der Waals surface area contributed by atoms with Crippen LogP contribution in [-0.4, -0.2) is 64.0 Å². The lowest BCUT2D eigenvalue weighted by Gasteiger charge is -2.33. The first-order valence-corrected chi connectivity index (χ1v) is 13.2. The molecule has 170 valence electrons. The van der Waals surface area contributed by atoms with Crippen molar-refractivity contribution in [2.24, 2.45) is 5.92 Å². The van der Waals surface area contributed by atoms with Crippen LogP contribution in [0.4, 0.5) is 0 Å². The molecule has 1 aliphatic carbocycles. The van der Waals surface area contributed by atoms with E-state index in [0.29, 0.717) is 11.8 Å². The number of carbonyl (C=O) groups excluding carboxylic acids is 1. The number of amides is 1. The van der Waals surface area contributed by atoms with E-state index in [-0.39, 0.29) is 5.91 Å². The Morgan fingerprint density at radius 1 is 1.06 bits per heavy atom. The highest BCUT2D eigenvalue weighted by Crippen LogP contribution is 2.29. The highest BCUT2D eigenvalue weighted by Gasteiger charge is 2.29. The molecule has 1 unspecified atom stereocenters. The number of fused-ring (bicyclic) bond motifs is 1. The third-order valence-corrected chi connectivity index (χ3v) is 8.06. The Morgan fingerprint density at radius 3 is 2.58 bits per heavy atom. The Labute approximate surface area is 189 Å². The fraction of sp³-hybridized carbons (Fsp3) is 0.750. The van der Waals surface area contributed by atoms with Crippen LogP contribution in [0.2, 0.25) is 0 Å². The van der Waals surface area contributed by atoms with Crippen molar-refractivity contribution in [3.63, 3.8) is 0 Å². The Balaban J connectivity index is 1.38. The molecule has 4 heterocycles. The van der Waals surface area contributed by atoms with Crippen molar-refractivity contribution in [2.45, 2.75) is 76.9 Å². The minimum atomic E-state index is 0.133. The number of nitrogens with zero attached hydrogens (tertiary/aromatic N) is 4. The maximum Gasteiger partial charge on any atom is 0.274 e. The molecular weight excluding hydrogens is 408 g/mol. The van der Waals surface area contributed by atoms with E-state index in [4.69, 9.17) is 9.72 Å². The predicted molar refractivity (Wildman–Crippen MR) is 124 cm³/mol. The van der Waals surface area contributed by atoms with E-state index in [2.05, 4.69) is 25.8 Å². The van der Waals surface area contributed by atoms with Gasteiger partial charge in [0.25, 0.3) is 5.91 Å². The fourth-order valence-corrected chi connectivity index (χ4v) is 6.02. The number of thiazole rings is 1.